The highest BCUT2D eigenvalue weighted by atomic mass is 16.1. The largest absolute Gasteiger partial charge is 0.338 e. The zero-order valence-corrected chi connectivity index (χ0v) is 21.1. The molecular weight excluding hydrogens is 442 g/mol. The standard InChI is InChI=1S/C32H35N3O/c36-30-18-9-16-28-27-15-7-8-17-29(27)35(32(28)30)20-10-19-33-21-23-34(24-22-33)31(25-11-3-1-4-12-25)26-13-5-2-6-14-26/h1-8,11-15,17,31H,9-10,16,18-24H2/p+2. The number of carbonyl (C=O) groups excluding carboxylic acids is 1. The molecule has 4 nitrogen and oxygen atoms in total. The van der Waals surface area contributed by atoms with E-state index in [4.69, 9.17) is 0 Å². The molecule has 0 bridgehead atoms. The fraction of sp³-hybridized carbons (Fsp3) is 0.344. The molecule has 36 heavy (non-hydrogen) atoms. The van der Waals surface area contributed by atoms with Crippen LogP contribution in [0.25, 0.3) is 10.9 Å². The zero-order chi connectivity index (χ0) is 24.3. The predicted molar refractivity (Wildman–Crippen MR) is 145 cm³/mol. The highest BCUT2D eigenvalue weighted by molar-refractivity contribution is 6.04. The van der Waals surface area contributed by atoms with Crippen LogP contribution in [-0.2, 0) is 13.0 Å². The second-order valence-corrected chi connectivity index (χ2v) is 10.5. The molecule has 184 valence electrons. The molecule has 1 aliphatic carbocycles. The van der Waals surface area contributed by atoms with Gasteiger partial charge >= 0.3 is 0 Å². The van der Waals surface area contributed by atoms with Crippen LogP contribution in [0.2, 0.25) is 0 Å². The molecule has 1 aliphatic heterocycles. The van der Waals surface area contributed by atoms with Crippen LogP contribution in [0.4, 0.5) is 0 Å². The second-order valence-electron chi connectivity index (χ2n) is 10.5. The van der Waals surface area contributed by atoms with Crippen LogP contribution in [0, 0.1) is 0 Å². The van der Waals surface area contributed by atoms with Crippen LogP contribution >= 0.6 is 0 Å². The summed E-state index contributed by atoms with van der Waals surface area (Å²) in [6, 6.07) is 31.1. The minimum Gasteiger partial charge on any atom is -0.338 e. The minimum absolute atomic E-state index is 0.338. The summed E-state index contributed by atoms with van der Waals surface area (Å²) in [7, 11) is 0. The number of nitrogens with one attached hydrogen (secondary N) is 2. The molecule has 2 N–H and O–H groups in total. The molecule has 0 unspecified atom stereocenters. The van der Waals surface area contributed by atoms with Gasteiger partial charge < -0.3 is 14.4 Å². The van der Waals surface area contributed by atoms with Gasteiger partial charge in [0.1, 0.15) is 32.2 Å². The molecule has 4 heteroatoms. The van der Waals surface area contributed by atoms with Gasteiger partial charge in [-0.3, -0.25) is 4.79 Å². The molecule has 0 spiro atoms. The first-order chi connectivity index (χ1) is 17.8. The number of ketones is 1. The summed E-state index contributed by atoms with van der Waals surface area (Å²) in [6.07, 6.45) is 3.84. The van der Waals surface area contributed by atoms with Crippen LogP contribution in [0.3, 0.4) is 0 Å². The Morgan fingerprint density at radius 1 is 0.750 bits per heavy atom. The van der Waals surface area contributed by atoms with Gasteiger partial charge in [-0.2, -0.15) is 0 Å². The topological polar surface area (TPSA) is 30.9 Å². The molecule has 0 radical (unpaired) electrons. The molecule has 3 aromatic carbocycles. The van der Waals surface area contributed by atoms with E-state index in [0.29, 0.717) is 18.2 Å². The maximum absolute atomic E-state index is 12.8. The Morgan fingerprint density at radius 3 is 2.08 bits per heavy atom. The molecule has 2 heterocycles. The second kappa shape index (κ2) is 10.4. The van der Waals surface area contributed by atoms with E-state index < -0.39 is 0 Å². The maximum Gasteiger partial charge on any atom is 0.179 e. The smallest absolute Gasteiger partial charge is 0.179 e. The molecule has 6 rings (SSSR count). The Labute approximate surface area is 214 Å². The van der Waals surface area contributed by atoms with Crippen LogP contribution in [-0.4, -0.2) is 43.1 Å². The van der Waals surface area contributed by atoms with Gasteiger partial charge in [-0.05, 0) is 24.5 Å². The number of aryl methyl sites for hydroxylation is 2. The maximum atomic E-state index is 12.8. The Morgan fingerprint density at radius 2 is 1.39 bits per heavy atom. The number of rotatable bonds is 7. The SMILES string of the molecule is O=C1CCCc2c1n(CCC[NH+]1CC[NH+](C(c3ccccc3)c3ccccc3)CC1)c1ccccc21. The first kappa shape index (κ1) is 23.2. The Kier molecular flexibility index (Phi) is 6.71. The van der Waals surface area contributed by atoms with Crippen molar-refractivity contribution in [3.8, 4) is 0 Å². The van der Waals surface area contributed by atoms with Crippen molar-refractivity contribution in [2.24, 2.45) is 0 Å². The summed E-state index contributed by atoms with van der Waals surface area (Å²) in [6.45, 7) is 6.89. The molecule has 0 saturated carbocycles. The van der Waals surface area contributed by atoms with Crippen molar-refractivity contribution < 1.29 is 14.6 Å². The molecule has 1 aromatic heterocycles. The molecular formula is C32H37N3O+2. The zero-order valence-electron chi connectivity index (χ0n) is 21.1. The van der Waals surface area contributed by atoms with E-state index in [9.17, 15) is 4.79 Å². The third kappa shape index (κ3) is 4.52. The van der Waals surface area contributed by atoms with E-state index in [2.05, 4.69) is 89.5 Å². The number of benzene rings is 3. The van der Waals surface area contributed by atoms with E-state index in [-0.39, 0.29) is 0 Å². The van der Waals surface area contributed by atoms with Gasteiger partial charge in [0.2, 0.25) is 0 Å². The van der Waals surface area contributed by atoms with Crippen molar-refractivity contribution in [3.63, 3.8) is 0 Å². The number of hydrogen-bond acceptors (Lipinski definition) is 1. The lowest BCUT2D eigenvalue weighted by Gasteiger charge is -2.35. The van der Waals surface area contributed by atoms with Gasteiger partial charge in [0.15, 0.2) is 5.78 Å². The van der Waals surface area contributed by atoms with Crippen molar-refractivity contribution in [2.45, 2.75) is 38.3 Å². The summed E-state index contributed by atoms with van der Waals surface area (Å²) in [4.78, 5) is 16.2. The predicted octanol–water partition coefficient (Wildman–Crippen LogP) is 3.12. The lowest BCUT2D eigenvalue weighted by molar-refractivity contribution is -1.02. The molecule has 2 aliphatic rings. The van der Waals surface area contributed by atoms with E-state index in [1.165, 1.54) is 60.3 Å². The lowest BCUT2D eigenvalue weighted by Crippen LogP contribution is -3.28. The number of fused-ring (bicyclic) bond motifs is 3. The fourth-order valence-corrected chi connectivity index (χ4v) is 6.63. The van der Waals surface area contributed by atoms with Gasteiger partial charge in [0.05, 0.1) is 12.2 Å². The highest BCUT2D eigenvalue weighted by Gasteiger charge is 2.32. The number of piperazine rings is 1. The number of para-hydroxylation sites is 1. The van der Waals surface area contributed by atoms with Crippen molar-refractivity contribution in [2.75, 3.05) is 32.7 Å². The molecule has 1 saturated heterocycles. The van der Waals surface area contributed by atoms with Gasteiger partial charge in [0.25, 0.3) is 0 Å². The summed E-state index contributed by atoms with van der Waals surface area (Å²) in [5.74, 6) is 0.338. The fourth-order valence-electron chi connectivity index (χ4n) is 6.63. The highest BCUT2D eigenvalue weighted by Crippen LogP contribution is 2.32. The molecule has 0 atom stereocenters. The summed E-state index contributed by atoms with van der Waals surface area (Å²) >= 11 is 0. The van der Waals surface area contributed by atoms with E-state index in [1.807, 2.05) is 0 Å². The Hall–Kier alpha value is -3.21. The third-order valence-corrected chi connectivity index (χ3v) is 8.36. The first-order valence-electron chi connectivity index (χ1n) is 13.7. The lowest BCUT2D eigenvalue weighted by atomic mass is 9.94. The van der Waals surface area contributed by atoms with Crippen LogP contribution in [0.1, 0.15) is 52.5 Å². The minimum atomic E-state index is 0.338. The van der Waals surface area contributed by atoms with Crippen molar-refractivity contribution in [1.29, 1.82) is 0 Å². The van der Waals surface area contributed by atoms with Gasteiger partial charge in [0, 0.05) is 41.4 Å². The van der Waals surface area contributed by atoms with Crippen molar-refractivity contribution >= 4 is 16.7 Å². The molecule has 4 aromatic rings. The molecule has 0 amide bonds. The van der Waals surface area contributed by atoms with Gasteiger partial charge in [-0.25, -0.2) is 0 Å². The summed E-state index contributed by atoms with van der Waals surface area (Å²) < 4.78 is 2.34. The number of hydrogen-bond donors (Lipinski definition) is 2. The summed E-state index contributed by atoms with van der Waals surface area (Å²) in [5, 5.41) is 1.29. The number of Topliss-reactive ketones (excluding diaryl/α,β-unsaturated/α-hetero) is 1. The molecule has 1 fully saturated rings. The van der Waals surface area contributed by atoms with Gasteiger partial charge in [-0.1, -0.05) is 78.9 Å². The van der Waals surface area contributed by atoms with E-state index >= 15 is 0 Å². The van der Waals surface area contributed by atoms with Crippen molar-refractivity contribution in [1.82, 2.24) is 4.57 Å². The van der Waals surface area contributed by atoms with Crippen molar-refractivity contribution in [3.05, 3.63) is 107 Å². The summed E-state index contributed by atoms with van der Waals surface area (Å²) in [5.41, 5.74) is 6.36. The van der Waals surface area contributed by atoms with Crippen LogP contribution in [0.5, 0.6) is 0 Å². The van der Waals surface area contributed by atoms with E-state index in [0.717, 1.165) is 31.5 Å². The third-order valence-electron chi connectivity index (χ3n) is 8.36. The number of quaternary nitrogens is 2. The number of carbonyl (C=O) groups is 1. The quantitative estimate of drug-likeness (QED) is 0.419. The van der Waals surface area contributed by atoms with Gasteiger partial charge in [-0.15, -0.1) is 0 Å². The Balaban J connectivity index is 1.11. The average Bonchev–Trinajstić information content (AvgIpc) is 3.26. The van der Waals surface area contributed by atoms with Crippen LogP contribution < -0.4 is 9.80 Å². The monoisotopic (exact) mass is 479 g/mol. The average molecular weight is 480 g/mol. The number of nitrogens with zero attached hydrogens (tertiary/aromatic N) is 1. The van der Waals surface area contributed by atoms with Crippen LogP contribution in [0.15, 0.2) is 84.9 Å². The van der Waals surface area contributed by atoms with E-state index in [1.54, 1.807) is 9.80 Å². The number of aromatic nitrogens is 1. The normalized spacial score (nSPS) is 20.1. The first-order valence-corrected chi connectivity index (χ1v) is 13.7. The Bertz CT molecular complexity index is 1280.